The topological polar surface area (TPSA) is 208 Å². The van der Waals surface area contributed by atoms with E-state index in [1.54, 1.807) is 20.8 Å². The van der Waals surface area contributed by atoms with Gasteiger partial charge >= 0.3 is 11.9 Å². The first-order valence-corrected chi connectivity index (χ1v) is 12.2. The van der Waals surface area contributed by atoms with Gasteiger partial charge in [0, 0.05) is 12.8 Å². The largest absolute Gasteiger partial charge is 0.508 e. The third-order valence-electron chi connectivity index (χ3n) is 6.08. The number of aromatic hydroxyl groups is 1. The second-order valence-corrected chi connectivity index (χ2v) is 9.41. The van der Waals surface area contributed by atoms with Crippen LogP contribution in [0.25, 0.3) is 0 Å². The molecule has 0 aliphatic rings. The van der Waals surface area contributed by atoms with Gasteiger partial charge in [0.15, 0.2) is 0 Å². The lowest BCUT2D eigenvalue weighted by molar-refractivity contribution is -0.142. The molecule has 0 aliphatic heterocycles. The molecule has 8 N–H and O–H groups in total. The summed E-state index contributed by atoms with van der Waals surface area (Å²) in [7, 11) is 0. The summed E-state index contributed by atoms with van der Waals surface area (Å²) in [6.07, 6.45) is -0.0929. The van der Waals surface area contributed by atoms with E-state index >= 15 is 0 Å². The van der Waals surface area contributed by atoms with Crippen LogP contribution in [-0.2, 0) is 30.4 Å². The molecule has 0 bridgehead atoms. The van der Waals surface area contributed by atoms with Crippen molar-refractivity contribution < 1.29 is 39.3 Å². The number of carbonyl (C=O) groups is 5. The second-order valence-electron chi connectivity index (χ2n) is 9.41. The van der Waals surface area contributed by atoms with Gasteiger partial charge in [0.25, 0.3) is 0 Å². The first-order valence-electron chi connectivity index (χ1n) is 12.2. The highest BCUT2D eigenvalue weighted by atomic mass is 16.4. The Kier molecular flexibility index (Phi) is 12.5. The Bertz CT molecular complexity index is 951. The molecule has 0 aliphatic carbocycles. The van der Waals surface area contributed by atoms with E-state index < -0.39 is 66.2 Å². The number of nitrogens with two attached hydrogens (primary N) is 1. The standard InChI is InChI=1S/C25H38N4O8/c1-5-14(4)20(26)23(34)27-17(10-11-19(31)32)22(33)29-21(13(2)3)24(35)28-18(25(36)37)12-15-6-8-16(30)9-7-15/h6-9,13-14,17-18,20-21,30H,5,10-12,26H2,1-4H3,(H,27,34)(H,28,35)(H,29,33)(H,31,32)(H,36,37). The maximum absolute atomic E-state index is 13.0. The Hall–Kier alpha value is -3.67. The average molecular weight is 523 g/mol. The molecule has 12 heteroatoms. The summed E-state index contributed by atoms with van der Waals surface area (Å²) in [6, 6.07) is 1.19. The number of phenolic OH excluding ortho intramolecular Hbond substituents is 1. The van der Waals surface area contributed by atoms with Gasteiger partial charge in [-0.1, -0.05) is 46.2 Å². The molecule has 0 spiro atoms. The van der Waals surface area contributed by atoms with Crippen LogP contribution < -0.4 is 21.7 Å². The number of carboxylic acid groups (broad SMARTS) is 2. The molecule has 5 unspecified atom stereocenters. The van der Waals surface area contributed by atoms with Gasteiger partial charge in [0.05, 0.1) is 6.04 Å². The number of benzene rings is 1. The molecular weight excluding hydrogens is 484 g/mol. The highest BCUT2D eigenvalue weighted by molar-refractivity contribution is 5.94. The SMILES string of the molecule is CCC(C)C(N)C(=O)NC(CCC(=O)O)C(=O)NC(C(=O)NC(Cc1ccc(O)cc1)C(=O)O)C(C)C. The number of nitrogens with one attached hydrogen (secondary N) is 3. The Labute approximate surface area is 216 Å². The highest BCUT2D eigenvalue weighted by Crippen LogP contribution is 2.13. The lowest BCUT2D eigenvalue weighted by Gasteiger charge is -2.27. The van der Waals surface area contributed by atoms with Gasteiger partial charge in [-0.05, 0) is 36.0 Å². The van der Waals surface area contributed by atoms with E-state index in [4.69, 9.17) is 10.8 Å². The van der Waals surface area contributed by atoms with E-state index in [0.717, 1.165) is 0 Å². The number of rotatable bonds is 15. The summed E-state index contributed by atoms with van der Waals surface area (Å²) in [6.45, 7) is 6.91. The molecule has 1 aromatic carbocycles. The van der Waals surface area contributed by atoms with Gasteiger partial charge < -0.3 is 37.0 Å². The van der Waals surface area contributed by atoms with E-state index in [1.807, 2.05) is 6.92 Å². The third-order valence-corrected chi connectivity index (χ3v) is 6.08. The van der Waals surface area contributed by atoms with Crippen molar-refractivity contribution in [3.05, 3.63) is 29.8 Å². The molecule has 0 radical (unpaired) electrons. The molecule has 0 saturated heterocycles. The number of carbonyl (C=O) groups excluding carboxylic acids is 3. The summed E-state index contributed by atoms with van der Waals surface area (Å²) >= 11 is 0. The predicted octanol–water partition coefficient (Wildman–Crippen LogP) is 0.368. The summed E-state index contributed by atoms with van der Waals surface area (Å²) in [5.74, 6) is -5.26. The Morgan fingerprint density at radius 3 is 1.92 bits per heavy atom. The van der Waals surface area contributed by atoms with Crippen LogP contribution in [-0.4, -0.2) is 69.1 Å². The fourth-order valence-corrected chi connectivity index (χ4v) is 3.44. The van der Waals surface area contributed by atoms with E-state index in [2.05, 4.69) is 16.0 Å². The molecular formula is C25H38N4O8. The van der Waals surface area contributed by atoms with E-state index in [-0.39, 0.29) is 24.5 Å². The number of phenols is 1. The lowest BCUT2D eigenvalue weighted by Crippen LogP contribution is -2.59. The minimum atomic E-state index is -1.31. The van der Waals surface area contributed by atoms with Crippen LogP contribution in [0.3, 0.4) is 0 Å². The van der Waals surface area contributed by atoms with E-state index in [0.29, 0.717) is 12.0 Å². The number of amides is 3. The van der Waals surface area contributed by atoms with Crippen LogP contribution in [0.1, 0.15) is 52.5 Å². The summed E-state index contributed by atoms with van der Waals surface area (Å²) in [5, 5.41) is 35.5. The van der Waals surface area contributed by atoms with Crippen LogP contribution in [0.15, 0.2) is 24.3 Å². The van der Waals surface area contributed by atoms with Gasteiger partial charge in [-0.25, -0.2) is 4.79 Å². The van der Waals surface area contributed by atoms with E-state index in [9.17, 15) is 34.2 Å². The van der Waals surface area contributed by atoms with Crippen LogP contribution >= 0.6 is 0 Å². The van der Waals surface area contributed by atoms with Crippen LogP contribution in [0, 0.1) is 11.8 Å². The fourth-order valence-electron chi connectivity index (χ4n) is 3.44. The Morgan fingerprint density at radius 2 is 1.43 bits per heavy atom. The highest BCUT2D eigenvalue weighted by Gasteiger charge is 2.32. The maximum Gasteiger partial charge on any atom is 0.326 e. The van der Waals surface area contributed by atoms with Crippen molar-refractivity contribution >= 4 is 29.7 Å². The van der Waals surface area contributed by atoms with Crippen LogP contribution in [0.2, 0.25) is 0 Å². The van der Waals surface area contributed by atoms with Crippen LogP contribution in [0.5, 0.6) is 5.75 Å². The Morgan fingerprint density at radius 1 is 0.865 bits per heavy atom. The molecule has 206 valence electrons. The molecule has 0 fully saturated rings. The summed E-state index contributed by atoms with van der Waals surface area (Å²) in [5.41, 5.74) is 6.49. The fraction of sp³-hybridized carbons (Fsp3) is 0.560. The van der Waals surface area contributed by atoms with Crippen molar-refractivity contribution in [1.29, 1.82) is 0 Å². The van der Waals surface area contributed by atoms with Crippen molar-refractivity contribution in [3.8, 4) is 5.75 Å². The molecule has 0 saturated carbocycles. The molecule has 5 atom stereocenters. The summed E-state index contributed by atoms with van der Waals surface area (Å²) < 4.78 is 0. The predicted molar refractivity (Wildman–Crippen MR) is 134 cm³/mol. The van der Waals surface area contributed by atoms with Gasteiger partial charge in [-0.15, -0.1) is 0 Å². The minimum absolute atomic E-state index is 0.0110. The molecule has 1 aromatic rings. The third kappa shape index (κ3) is 10.5. The monoisotopic (exact) mass is 522 g/mol. The second kappa shape index (κ2) is 14.8. The zero-order valence-electron chi connectivity index (χ0n) is 21.6. The van der Waals surface area contributed by atoms with Gasteiger partial charge in [0.1, 0.15) is 23.9 Å². The van der Waals surface area contributed by atoms with Crippen molar-refractivity contribution in [2.75, 3.05) is 0 Å². The smallest absolute Gasteiger partial charge is 0.326 e. The van der Waals surface area contributed by atoms with Gasteiger partial charge in [-0.3, -0.25) is 19.2 Å². The first-order chi connectivity index (χ1) is 17.3. The zero-order chi connectivity index (χ0) is 28.3. The quantitative estimate of drug-likeness (QED) is 0.169. The van der Waals surface area contributed by atoms with E-state index in [1.165, 1.54) is 24.3 Å². The van der Waals surface area contributed by atoms with Gasteiger partial charge in [0.2, 0.25) is 17.7 Å². The first kappa shape index (κ1) is 31.4. The van der Waals surface area contributed by atoms with Crippen LogP contribution in [0.4, 0.5) is 0 Å². The zero-order valence-corrected chi connectivity index (χ0v) is 21.6. The maximum atomic E-state index is 13.0. The lowest BCUT2D eigenvalue weighted by atomic mass is 9.98. The van der Waals surface area contributed by atoms with Crippen molar-refractivity contribution in [2.24, 2.45) is 17.6 Å². The van der Waals surface area contributed by atoms with Crippen molar-refractivity contribution in [2.45, 2.75) is 77.5 Å². The molecule has 37 heavy (non-hydrogen) atoms. The molecule has 3 amide bonds. The minimum Gasteiger partial charge on any atom is -0.508 e. The molecule has 12 nitrogen and oxygen atoms in total. The Balaban J connectivity index is 3.01. The number of hydrogen-bond donors (Lipinski definition) is 7. The number of aliphatic carboxylic acids is 2. The molecule has 1 rings (SSSR count). The molecule has 0 heterocycles. The number of hydrogen-bond acceptors (Lipinski definition) is 7. The molecule has 0 aromatic heterocycles. The van der Waals surface area contributed by atoms with Crippen molar-refractivity contribution in [3.63, 3.8) is 0 Å². The average Bonchev–Trinajstić information content (AvgIpc) is 2.83. The number of carboxylic acids is 2. The normalized spacial score (nSPS) is 15.1. The van der Waals surface area contributed by atoms with Gasteiger partial charge in [-0.2, -0.15) is 0 Å². The van der Waals surface area contributed by atoms with Crippen molar-refractivity contribution in [1.82, 2.24) is 16.0 Å². The summed E-state index contributed by atoms with van der Waals surface area (Å²) in [4.78, 5) is 61.4.